The lowest BCUT2D eigenvalue weighted by Gasteiger charge is -2.21. The first-order valence-electron chi connectivity index (χ1n) is 9.83. The third-order valence-electron chi connectivity index (χ3n) is 5.04. The van der Waals surface area contributed by atoms with Crippen LogP contribution >= 0.6 is 0 Å². The van der Waals surface area contributed by atoms with Gasteiger partial charge in [0.05, 0.1) is 20.1 Å². The lowest BCUT2D eigenvalue weighted by atomic mass is 9.99. The molecule has 27 heavy (non-hydrogen) atoms. The SMILES string of the molecule is CCNC(=NCCCCc1ccc(OC)cc1)N1CC(C)C(C(=O)OC)C1. The van der Waals surface area contributed by atoms with Gasteiger partial charge in [0.25, 0.3) is 0 Å². The van der Waals surface area contributed by atoms with E-state index in [1.165, 1.54) is 12.7 Å². The molecule has 1 heterocycles. The largest absolute Gasteiger partial charge is 0.497 e. The molecule has 2 rings (SSSR count). The third-order valence-corrected chi connectivity index (χ3v) is 5.04. The third kappa shape index (κ3) is 6.15. The number of carbonyl (C=O) groups is 1. The minimum absolute atomic E-state index is 0.0751. The standard InChI is InChI=1S/C21H33N3O3/c1-5-22-21(24-14-16(2)19(15-24)20(25)27-4)23-13-7-6-8-17-9-11-18(26-3)12-10-17/h9-12,16,19H,5-8,13-15H2,1-4H3,(H,22,23). The Labute approximate surface area is 162 Å². The molecule has 6 heteroatoms. The number of likely N-dealkylation sites (tertiary alicyclic amines) is 1. The summed E-state index contributed by atoms with van der Waals surface area (Å²) in [5, 5.41) is 3.35. The fraction of sp³-hybridized carbons (Fsp3) is 0.619. The molecule has 6 nitrogen and oxygen atoms in total. The Bertz CT molecular complexity index is 616. The lowest BCUT2D eigenvalue weighted by Crippen LogP contribution is -2.40. The number of rotatable bonds is 8. The number of unbranched alkanes of at least 4 members (excludes halogenated alkanes) is 1. The van der Waals surface area contributed by atoms with Gasteiger partial charge >= 0.3 is 5.97 Å². The first kappa shape index (κ1) is 21.1. The summed E-state index contributed by atoms with van der Waals surface area (Å²) < 4.78 is 10.1. The minimum Gasteiger partial charge on any atom is -0.497 e. The zero-order valence-corrected chi connectivity index (χ0v) is 17.0. The van der Waals surface area contributed by atoms with Crippen molar-refractivity contribution < 1.29 is 14.3 Å². The zero-order chi connectivity index (χ0) is 19.6. The molecule has 0 spiro atoms. The number of ether oxygens (including phenoxy) is 2. The van der Waals surface area contributed by atoms with Crippen molar-refractivity contribution in [1.29, 1.82) is 0 Å². The summed E-state index contributed by atoms with van der Waals surface area (Å²) in [5.41, 5.74) is 1.32. The highest BCUT2D eigenvalue weighted by molar-refractivity contribution is 5.82. The number of nitrogens with one attached hydrogen (secondary N) is 1. The molecule has 2 unspecified atom stereocenters. The fourth-order valence-corrected chi connectivity index (χ4v) is 3.44. The van der Waals surface area contributed by atoms with Crippen LogP contribution in [0.1, 0.15) is 32.3 Å². The van der Waals surface area contributed by atoms with Crippen LogP contribution in [0.15, 0.2) is 29.3 Å². The lowest BCUT2D eigenvalue weighted by molar-refractivity contribution is -0.145. The Morgan fingerprint density at radius 3 is 2.59 bits per heavy atom. The van der Waals surface area contributed by atoms with Crippen molar-refractivity contribution >= 4 is 11.9 Å². The second-order valence-corrected chi connectivity index (χ2v) is 7.05. The van der Waals surface area contributed by atoms with Crippen LogP contribution in [0.25, 0.3) is 0 Å². The van der Waals surface area contributed by atoms with Gasteiger partial charge in [-0.15, -0.1) is 0 Å². The maximum atomic E-state index is 11.9. The molecule has 1 N–H and O–H groups in total. The number of aryl methyl sites for hydroxylation is 1. The maximum absolute atomic E-state index is 11.9. The number of guanidine groups is 1. The molecular weight excluding hydrogens is 342 g/mol. The summed E-state index contributed by atoms with van der Waals surface area (Å²) in [6, 6.07) is 8.24. The second kappa shape index (κ2) is 10.8. The summed E-state index contributed by atoms with van der Waals surface area (Å²) in [5.74, 6) is 1.87. The van der Waals surface area contributed by atoms with Crippen molar-refractivity contribution in [3.8, 4) is 5.75 Å². The van der Waals surface area contributed by atoms with Gasteiger partial charge < -0.3 is 19.7 Å². The number of carbonyl (C=O) groups excluding carboxylic acids is 1. The van der Waals surface area contributed by atoms with Gasteiger partial charge in [0.2, 0.25) is 0 Å². The van der Waals surface area contributed by atoms with E-state index < -0.39 is 0 Å². The van der Waals surface area contributed by atoms with E-state index in [0.29, 0.717) is 6.54 Å². The molecule has 1 aromatic carbocycles. The van der Waals surface area contributed by atoms with Gasteiger partial charge in [0.1, 0.15) is 5.75 Å². The van der Waals surface area contributed by atoms with E-state index in [-0.39, 0.29) is 17.8 Å². The molecule has 0 radical (unpaired) electrons. The average molecular weight is 376 g/mol. The van der Waals surface area contributed by atoms with Crippen molar-refractivity contribution in [2.45, 2.75) is 33.1 Å². The smallest absolute Gasteiger partial charge is 0.310 e. The van der Waals surface area contributed by atoms with E-state index in [1.54, 1.807) is 7.11 Å². The molecule has 0 saturated carbocycles. The van der Waals surface area contributed by atoms with E-state index >= 15 is 0 Å². The molecule has 0 aliphatic carbocycles. The van der Waals surface area contributed by atoms with E-state index in [0.717, 1.165) is 50.6 Å². The first-order valence-corrected chi connectivity index (χ1v) is 9.83. The summed E-state index contributed by atoms with van der Waals surface area (Å²) >= 11 is 0. The number of hydrogen-bond donors (Lipinski definition) is 1. The van der Waals surface area contributed by atoms with Crippen LogP contribution < -0.4 is 10.1 Å². The van der Waals surface area contributed by atoms with Crippen molar-refractivity contribution in [2.75, 3.05) is 40.4 Å². The van der Waals surface area contributed by atoms with Crippen LogP contribution in [0, 0.1) is 11.8 Å². The molecule has 0 amide bonds. The highest BCUT2D eigenvalue weighted by atomic mass is 16.5. The number of esters is 1. The topological polar surface area (TPSA) is 63.2 Å². The summed E-state index contributed by atoms with van der Waals surface area (Å²) in [4.78, 5) is 18.9. The van der Waals surface area contributed by atoms with Gasteiger partial charge in [-0.2, -0.15) is 0 Å². The van der Waals surface area contributed by atoms with Gasteiger partial charge in [-0.25, -0.2) is 0 Å². The number of nitrogens with zero attached hydrogens (tertiary/aromatic N) is 2. The Morgan fingerprint density at radius 1 is 1.22 bits per heavy atom. The van der Waals surface area contributed by atoms with Crippen LogP contribution in [0.5, 0.6) is 5.75 Å². The van der Waals surface area contributed by atoms with E-state index in [9.17, 15) is 4.79 Å². The van der Waals surface area contributed by atoms with Crippen LogP contribution in [-0.2, 0) is 16.0 Å². The van der Waals surface area contributed by atoms with Crippen LogP contribution in [-0.4, -0.2) is 57.2 Å². The maximum Gasteiger partial charge on any atom is 0.310 e. The minimum atomic E-state index is -0.125. The number of benzene rings is 1. The molecule has 0 aromatic heterocycles. The fourth-order valence-electron chi connectivity index (χ4n) is 3.44. The van der Waals surface area contributed by atoms with Gasteiger partial charge in [-0.3, -0.25) is 9.79 Å². The highest BCUT2D eigenvalue weighted by Gasteiger charge is 2.36. The molecule has 150 valence electrons. The quantitative estimate of drug-likeness (QED) is 0.328. The number of aliphatic imine (C=N–C) groups is 1. The van der Waals surface area contributed by atoms with Crippen molar-refractivity contribution in [1.82, 2.24) is 10.2 Å². The van der Waals surface area contributed by atoms with E-state index in [2.05, 4.69) is 36.2 Å². The van der Waals surface area contributed by atoms with Crippen molar-refractivity contribution in [3.63, 3.8) is 0 Å². The van der Waals surface area contributed by atoms with E-state index in [1.807, 2.05) is 12.1 Å². The van der Waals surface area contributed by atoms with Gasteiger partial charge in [-0.1, -0.05) is 19.1 Å². The molecule has 1 saturated heterocycles. The van der Waals surface area contributed by atoms with Crippen molar-refractivity contribution in [3.05, 3.63) is 29.8 Å². The molecule has 1 fully saturated rings. The molecular formula is C21H33N3O3. The number of hydrogen-bond acceptors (Lipinski definition) is 4. The number of methoxy groups -OCH3 is 2. The predicted octanol–water partition coefficient (Wildman–Crippen LogP) is 2.72. The zero-order valence-electron chi connectivity index (χ0n) is 17.0. The Kier molecular flexibility index (Phi) is 8.43. The molecule has 1 aromatic rings. The second-order valence-electron chi connectivity index (χ2n) is 7.05. The molecule has 0 bridgehead atoms. The Balaban J connectivity index is 1.81. The first-order chi connectivity index (χ1) is 13.1. The van der Waals surface area contributed by atoms with Crippen LogP contribution in [0.4, 0.5) is 0 Å². The van der Waals surface area contributed by atoms with Crippen molar-refractivity contribution in [2.24, 2.45) is 16.8 Å². The Hall–Kier alpha value is -2.24. The summed E-state index contributed by atoms with van der Waals surface area (Å²) in [7, 11) is 3.14. The monoisotopic (exact) mass is 375 g/mol. The van der Waals surface area contributed by atoms with E-state index in [4.69, 9.17) is 14.5 Å². The van der Waals surface area contributed by atoms with Crippen LogP contribution in [0.3, 0.4) is 0 Å². The molecule has 1 aliphatic heterocycles. The average Bonchev–Trinajstić information content (AvgIpc) is 3.08. The summed E-state index contributed by atoms with van der Waals surface area (Å²) in [6.45, 7) is 7.27. The van der Waals surface area contributed by atoms with Crippen LogP contribution in [0.2, 0.25) is 0 Å². The molecule has 1 aliphatic rings. The Morgan fingerprint density at radius 2 is 1.96 bits per heavy atom. The van der Waals surface area contributed by atoms with Gasteiger partial charge in [0, 0.05) is 26.2 Å². The molecule has 2 atom stereocenters. The van der Waals surface area contributed by atoms with Gasteiger partial charge in [-0.05, 0) is 49.8 Å². The van der Waals surface area contributed by atoms with Gasteiger partial charge in [0.15, 0.2) is 5.96 Å². The normalized spacial score (nSPS) is 19.9. The predicted molar refractivity (Wildman–Crippen MR) is 108 cm³/mol. The summed E-state index contributed by atoms with van der Waals surface area (Å²) in [6.07, 6.45) is 3.17. The highest BCUT2D eigenvalue weighted by Crippen LogP contribution is 2.24.